The molecule has 0 bridgehead atoms. The van der Waals surface area contributed by atoms with E-state index in [0.29, 0.717) is 13.0 Å². The fourth-order valence-corrected chi connectivity index (χ4v) is 2.15. The van der Waals surface area contributed by atoms with E-state index in [1.165, 1.54) is 5.56 Å². The number of nitrogens with two attached hydrogens (primary N) is 1. The van der Waals surface area contributed by atoms with Crippen molar-refractivity contribution in [2.45, 2.75) is 26.3 Å². The van der Waals surface area contributed by atoms with Gasteiger partial charge in [-0.15, -0.1) is 0 Å². The van der Waals surface area contributed by atoms with Gasteiger partial charge in [0.2, 0.25) is 5.91 Å². The molecule has 0 aliphatic heterocycles. The maximum absolute atomic E-state index is 11.9. The number of carbonyl (C=O) groups excluding carboxylic acids is 1. The van der Waals surface area contributed by atoms with Crippen LogP contribution >= 0.6 is 0 Å². The number of fused-ring (bicyclic) bond motifs is 1. The summed E-state index contributed by atoms with van der Waals surface area (Å²) in [6.07, 6.45) is 2.29. The molecule has 0 aliphatic carbocycles. The van der Waals surface area contributed by atoms with Crippen LogP contribution in [0.15, 0.2) is 24.4 Å². The van der Waals surface area contributed by atoms with Gasteiger partial charge in [0.15, 0.2) is 0 Å². The Morgan fingerprint density at radius 2 is 2.28 bits per heavy atom. The Morgan fingerprint density at radius 3 is 3.00 bits per heavy atom. The van der Waals surface area contributed by atoms with E-state index in [1.54, 1.807) is 0 Å². The van der Waals surface area contributed by atoms with Gasteiger partial charge in [-0.1, -0.05) is 12.1 Å². The number of hydrogen-bond donors (Lipinski definition) is 3. The van der Waals surface area contributed by atoms with Crippen molar-refractivity contribution in [1.82, 2.24) is 10.3 Å². The van der Waals surface area contributed by atoms with E-state index in [4.69, 9.17) is 5.73 Å². The van der Waals surface area contributed by atoms with Gasteiger partial charge in [0.05, 0.1) is 6.42 Å². The summed E-state index contributed by atoms with van der Waals surface area (Å²) in [5.41, 5.74) is 8.78. The fourth-order valence-electron chi connectivity index (χ4n) is 2.15. The highest BCUT2D eigenvalue weighted by molar-refractivity contribution is 5.91. The van der Waals surface area contributed by atoms with Crippen molar-refractivity contribution in [2.75, 3.05) is 6.54 Å². The second kappa shape index (κ2) is 5.23. The summed E-state index contributed by atoms with van der Waals surface area (Å²) in [6, 6.07) is 6.10. The smallest absolute Gasteiger partial charge is 0.224 e. The predicted octanol–water partition coefficient (Wildman–Crippen LogP) is 1.48. The minimum Gasteiger partial charge on any atom is -0.361 e. The number of benzene rings is 1. The van der Waals surface area contributed by atoms with Crippen molar-refractivity contribution in [1.29, 1.82) is 0 Å². The fraction of sp³-hybridized carbons (Fsp3) is 0.357. The van der Waals surface area contributed by atoms with E-state index < -0.39 is 0 Å². The first kappa shape index (κ1) is 12.6. The zero-order valence-corrected chi connectivity index (χ0v) is 10.8. The molecule has 0 saturated carbocycles. The van der Waals surface area contributed by atoms with Crippen molar-refractivity contribution in [2.24, 2.45) is 5.73 Å². The Kier molecular flexibility index (Phi) is 3.67. The number of hydrogen-bond acceptors (Lipinski definition) is 2. The third kappa shape index (κ3) is 2.54. The van der Waals surface area contributed by atoms with Crippen LogP contribution in [-0.2, 0) is 11.2 Å². The van der Waals surface area contributed by atoms with E-state index >= 15 is 0 Å². The molecule has 1 aromatic heterocycles. The quantitative estimate of drug-likeness (QED) is 0.763. The number of aromatic nitrogens is 1. The number of aryl methyl sites for hydroxylation is 1. The molecule has 2 rings (SSSR count). The molecule has 1 amide bonds. The Bertz CT molecular complexity index is 559. The molecule has 1 atom stereocenters. The first-order chi connectivity index (χ1) is 8.61. The van der Waals surface area contributed by atoms with E-state index in [1.807, 2.05) is 25.3 Å². The summed E-state index contributed by atoms with van der Waals surface area (Å²) in [6.45, 7) is 4.41. The lowest BCUT2D eigenvalue weighted by molar-refractivity contribution is -0.120. The number of rotatable bonds is 4. The average molecular weight is 245 g/mol. The molecule has 4 nitrogen and oxygen atoms in total. The topological polar surface area (TPSA) is 70.9 Å². The maximum atomic E-state index is 11.9. The summed E-state index contributed by atoms with van der Waals surface area (Å²) in [5.74, 6) is 0.0112. The van der Waals surface area contributed by atoms with Crippen LogP contribution in [0.1, 0.15) is 18.1 Å². The number of amides is 1. The van der Waals surface area contributed by atoms with Gasteiger partial charge in [0, 0.05) is 29.7 Å². The lowest BCUT2D eigenvalue weighted by Crippen LogP contribution is -2.38. The summed E-state index contributed by atoms with van der Waals surface area (Å²) in [7, 11) is 0. The van der Waals surface area contributed by atoms with E-state index in [2.05, 4.69) is 23.3 Å². The van der Waals surface area contributed by atoms with Gasteiger partial charge in [0.1, 0.15) is 0 Å². The molecule has 1 aromatic carbocycles. The number of carbonyl (C=O) groups is 1. The summed E-state index contributed by atoms with van der Waals surface area (Å²) < 4.78 is 0. The van der Waals surface area contributed by atoms with E-state index in [-0.39, 0.29) is 11.9 Å². The molecule has 0 fully saturated rings. The Morgan fingerprint density at radius 1 is 1.50 bits per heavy atom. The number of H-pyrrole nitrogens is 1. The maximum Gasteiger partial charge on any atom is 0.224 e. The molecule has 0 saturated heterocycles. The number of nitrogens with one attached hydrogen (secondary N) is 2. The van der Waals surface area contributed by atoms with Crippen LogP contribution in [0.5, 0.6) is 0 Å². The first-order valence-electron chi connectivity index (χ1n) is 6.17. The molecule has 0 spiro atoms. The largest absolute Gasteiger partial charge is 0.361 e. The average Bonchev–Trinajstić information content (AvgIpc) is 2.73. The third-order valence-corrected chi connectivity index (χ3v) is 3.11. The zero-order chi connectivity index (χ0) is 13.1. The van der Waals surface area contributed by atoms with Crippen molar-refractivity contribution in [3.8, 4) is 0 Å². The van der Waals surface area contributed by atoms with E-state index in [0.717, 1.165) is 16.5 Å². The monoisotopic (exact) mass is 245 g/mol. The van der Waals surface area contributed by atoms with Crippen molar-refractivity contribution >= 4 is 16.8 Å². The van der Waals surface area contributed by atoms with Gasteiger partial charge in [0.25, 0.3) is 0 Å². The molecule has 1 unspecified atom stereocenters. The second-order valence-electron chi connectivity index (χ2n) is 4.69. The van der Waals surface area contributed by atoms with Gasteiger partial charge in [-0.05, 0) is 31.0 Å². The van der Waals surface area contributed by atoms with Crippen LogP contribution in [0.3, 0.4) is 0 Å². The molecule has 0 radical (unpaired) electrons. The normalized spacial score (nSPS) is 12.6. The highest BCUT2D eigenvalue weighted by atomic mass is 16.1. The lowest BCUT2D eigenvalue weighted by atomic mass is 10.1. The van der Waals surface area contributed by atoms with Crippen LogP contribution in [0.25, 0.3) is 10.9 Å². The van der Waals surface area contributed by atoms with Crippen LogP contribution in [0.2, 0.25) is 0 Å². The Labute approximate surface area is 107 Å². The molecule has 1 heterocycles. The van der Waals surface area contributed by atoms with Crippen LogP contribution in [0, 0.1) is 6.92 Å². The SMILES string of the molecule is Cc1cccc2[nH]cc(CC(=O)NC(C)CN)c12. The van der Waals surface area contributed by atoms with Crippen molar-refractivity contribution in [3.63, 3.8) is 0 Å². The van der Waals surface area contributed by atoms with Gasteiger partial charge in [-0.25, -0.2) is 0 Å². The molecular formula is C14H19N3O. The first-order valence-corrected chi connectivity index (χ1v) is 6.17. The molecular weight excluding hydrogens is 226 g/mol. The van der Waals surface area contributed by atoms with E-state index in [9.17, 15) is 4.79 Å². The van der Waals surface area contributed by atoms with Crippen LogP contribution < -0.4 is 11.1 Å². The molecule has 96 valence electrons. The van der Waals surface area contributed by atoms with Gasteiger partial charge < -0.3 is 16.0 Å². The molecule has 18 heavy (non-hydrogen) atoms. The van der Waals surface area contributed by atoms with Gasteiger partial charge in [-0.2, -0.15) is 0 Å². The van der Waals surface area contributed by atoms with Gasteiger partial charge in [-0.3, -0.25) is 4.79 Å². The van der Waals surface area contributed by atoms with Crippen molar-refractivity contribution in [3.05, 3.63) is 35.5 Å². The minimum absolute atomic E-state index is 0.0112. The summed E-state index contributed by atoms with van der Waals surface area (Å²) in [4.78, 5) is 15.1. The standard InChI is InChI=1S/C14H19N3O/c1-9-4-3-5-12-14(9)11(8-16-12)6-13(18)17-10(2)7-15/h3-5,8,10,16H,6-7,15H2,1-2H3,(H,17,18). The van der Waals surface area contributed by atoms with Crippen LogP contribution in [0.4, 0.5) is 0 Å². The minimum atomic E-state index is 0.0112. The predicted molar refractivity (Wildman–Crippen MR) is 73.4 cm³/mol. The summed E-state index contributed by atoms with van der Waals surface area (Å²) >= 11 is 0. The number of aromatic amines is 1. The second-order valence-corrected chi connectivity index (χ2v) is 4.69. The Hall–Kier alpha value is -1.81. The lowest BCUT2D eigenvalue weighted by Gasteiger charge is -2.11. The Balaban J connectivity index is 2.19. The zero-order valence-electron chi connectivity index (χ0n) is 10.8. The highest BCUT2D eigenvalue weighted by Gasteiger charge is 2.11. The molecule has 4 heteroatoms. The molecule has 0 aliphatic rings. The van der Waals surface area contributed by atoms with Crippen LogP contribution in [-0.4, -0.2) is 23.5 Å². The summed E-state index contributed by atoms with van der Waals surface area (Å²) in [5, 5.41) is 4.02. The van der Waals surface area contributed by atoms with Crippen molar-refractivity contribution < 1.29 is 4.79 Å². The third-order valence-electron chi connectivity index (χ3n) is 3.11. The molecule has 4 N–H and O–H groups in total. The highest BCUT2D eigenvalue weighted by Crippen LogP contribution is 2.22. The molecule has 2 aromatic rings. The van der Waals surface area contributed by atoms with Gasteiger partial charge >= 0.3 is 0 Å².